The molecule has 1 aliphatic heterocycles. The highest BCUT2D eigenvalue weighted by molar-refractivity contribution is 6.40. The second kappa shape index (κ2) is 5.85. The third kappa shape index (κ3) is 4.38. The molecule has 1 N–H and O–H groups in total. The van der Waals surface area contributed by atoms with Crippen molar-refractivity contribution >= 4 is 17.7 Å². The van der Waals surface area contributed by atoms with Gasteiger partial charge >= 0.3 is 12.1 Å². The molecule has 1 unspecified atom stereocenters. The number of alkyl halides is 3. The highest BCUT2D eigenvalue weighted by atomic mass is 19.4. The smallest absolute Gasteiger partial charge is 0.393 e. The average molecular weight is 279 g/mol. The van der Waals surface area contributed by atoms with E-state index in [1.807, 2.05) is 0 Å². The number of carbonyl (C=O) groups excluding carboxylic acids is 2. The summed E-state index contributed by atoms with van der Waals surface area (Å²) in [6, 6.07) is 0. The fourth-order valence-electron chi connectivity index (χ4n) is 1.80. The molecule has 0 saturated carbocycles. The van der Waals surface area contributed by atoms with Crippen LogP contribution in [0.5, 0.6) is 0 Å². The van der Waals surface area contributed by atoms with Gasteiger partial charge in [0.25, 0.3) is 5.91 Å². The Morgan fingerprint density at radius 3 is 2.37 bits per heavy atom. The van der Waals surface area contributed by atoms with Gasteiger partial charge in [0, 0.05) is 19.2 Å². The Labute approximate surface area is 106 Å². The molecule has 0 spiro atoms. The van der Waals surface area contributed by atoms with Crippen molar-refractivity contribution in [2.45, 2.75) is 19.0 Å². The molecule has 1 rings (SSSR count). The van der Waals surface area contributed by atoms with Crippen LogP contribution in [0.3, 0.4) is 0 Å². The van der Waals surface area contributed by atoms with Gasteiger partial charge in [0.05, 0.1) is 5.92 Å². The zero-order valence-corrected chi connectivity index (χ0v) is 9.81. The van der Waals surface area contributed by atoms with Crippen LogP contribution in [-0.4, -0.2) is 46.9 Å². The Morgan fingerprint density at radius 2 is 1.84 bits per heavy atom. The summed E-state index contributed by atoms with van der Waals surface area (Å²) in [6.45, 7) is -0.493. The zero-order valence-electron chi connectivity index (χ0n) is 9.81. The number of hydrogen-bond donors (Lipinski definition) is 1. The summed E-state index contributed by atoms with van der Waals surface area (Å²) in [4.78, 5) is 33.8. The van der Waals surface area contributed by atoms with E-state index in [4.69, 9.17) is 5.11 Å². The quantitative estimate of drug-likeness (QED) is 0.617. The van der Waals surface area contributed by atoms with Crippen LogP contribution in [0.25, 0.3) is 0 Å². The molecule has 5 nitrogen and oxygen atoms in total. The molecule has 1 atom stereocenters. The normalized spacial score (nSPS) is 20.6. The Hall–Kier alpha value is -1.86. The molecule has 1 aliphatic rings. The summed E-state index contributed by atoms with van der Waals surface area (Å²) in [5.41, 5.74) is 0. The minimum atomic E-state index is -4.40. The molecule has 0 radical (unpaired) electrons. The standard InChI is InChI=1S/C11H12F3NO4/c12-11(13,14)7-2-1-5-15(6-7)10(19)8(16)3-4-9(17)18/h3-4,7H,1-2,5-6H2,(H,17,18)/b4-3+. The minimum Gasteiger partial charge on any atom is -0.478 e. The van der Waals surface area contributed by atoms with Crippen molar-refractivity contribution in [3.8, 4) is 0 Å². The van der Waals surface area contributed by atoms with Crippen molar-refractivity contribution in [1.29, 1.82) is 0 Å². The molecule has 0 aromatic carbocycles. The number of carboxylic acid groups (broad SMARTS) is 1. The maximum atomic E-state index is 12.5. The summed E-state index contributed by atoms with van der Waals surface area (Å²) in [5.74, 6) is -5.29. The van der Waals surface area contributed by atoms with Crippen molar-refractivity contribution in [2.75, 3.05) is 13.1 Å². The lowest BCUT2D eigenvalue weighted by Crippen LogP contribution is -2.46. The van der Waals surface area contributed by atoms with Gasteiger partial charge in [0.15, 0.2) is 0 Å². The van der Waals surface area contributed by atoms with Crippen LogP contribution in [-0.2, 0) is 14.4 Å². The maximum absolute atomic E-state index is 12.5. The van der Waals surface area contributed by atoms with Crippen molar-refractivity contribution in [3.63, 3.8) is 0 Å². The number of aliphatic carboxylic acids is 1. The summed E-state index contributed by atoms with van der Waals surface area (Å²) in [7, 11) is 0. The topological polar surface area (TPSA) is 74.7 Å². The number of ketones is 1. The molecule has 1 amide bonds. The van der Waals surface area contributed by atoms with Crippen molar-refractivity contribution in [2.24, 2.45) is 5.92 Å². The Morgan fingerprint density at radius 1 is 1.21 bits per heavy atom. The third-order valence-electron chi connectivity index (χ3n) is 2.76. The summed E-state index contributed by atoms with van der Waals surface area (Å²) in [6.07, 6.45) is -3.30. The van der Waals surface area contributed by atoms with E-state index < -0.39 is 36.3 Å². The summed E-state index contributed by atoms with van der Waals surface area (Å²) >= 11 is 0. The van der Waals surface area contributed by atoms with Crippen LogP contribution in [0.4, 0.5) is 13.2 Å². The molecular weight excluding hydrogens is 267 g/mol. The van der Waals surface area contributed by atoms with Gasteiger partial charge in [-0.3, -0.25) is 9.59 Å². The number of nitrogens with zero attached hydrogens (tertiary/aromatic N) is 1. The number of hydrogen-bond acceptors (Lipinski definition) is 3. The van der Waals surface area contributed by atoms with Gasteiger partial charge in [-0.05, 0) is 18.9 Å². The van der Waals surface area contributed by atoms with E-state index in [0.717, 1.165) is 4.90 Å². The first-order valence-electron chi connectivity index (χ1n) is 5.52. The summed E-state index contributed by atoms with van der Waals surface area (Å²) in [5, 5.41) is 8.29. The van der Waals surface area contributed by atoms with Gasteiger partial charge in [-0.15, -0.1) is 0 Å². The molecule has 0 aromatic rings. The van der Waals surface area contributed by atoms with Crippen LogP contribution in [0.2, 0.25) is 0 Å². The SMILES string of the molecule is O=C(O)/C=C/C(=O)C(=O)N1CCCC(C(F)(F)F)C1. The lowest BCUT2D eigenvalue weighted by Gasteiger charge is -2.33. The maximum Gasteiger partial charge on any atom is 0.393 e. The second-order valence-corrected chi connectivity index (χ2v) is 4.17. The van der Waals surface area contributed by atoms with Gasteiger partial charge in [-0.25, -0.2) is 4.79 Å². The van der Waals surface area contributed by atoms with E-state index in [2.05, 4.69) is 0 Å². The van der Waals surface area contributed by atoms with Gasteiger partial charge in [-0.2, -0.15) is 13.2 Å². The van der Waals surface area contributed by atoms with Crippen molar-refractivity contribution in [1.82, 2.24) is 4.90 Å². The summed E-state index contributed by atoms with van der Waals surface area (Å²) < 4.78 is 37.6. The molecule has 0 aromatic heterocycles. The monoisotopic (exact) mass is 279 g/mol. The predicted octanol–water partition coefficient (Wildman–Crippen LogP) is 0.997. The highest BCUT2D eigenvalue weighted by Gasteiger charge is 2.43. The van der Waals surface area contributed by atoms with E-state index in [0.29, 0.717) is 12.2 Å². The van der Waals surface area contributed by atoms with Gasteiger partial charge in [0.1, 0.15) is 0 Å². The van der Waals surface area contributed by atoms with Gasteiger partial charge < -0.3 is 10.0 Å². The molecule has 0 bridgehead atoms. The van der Waals surface area contributed by atoms with E-state index >= 15 is 0 Å². The number of amides is 1. The zero-order chi connectivity index (χ0) is 14.6. The minimum absolute atomic E-state index is 0.0675. The number of likely N-dealkylation sites (tertiary alicyclic amines) is 1. The fourth-order valence-corrected chi connectivity index (χ4v) is 1.80. The van der Waals surface area contributed by atoms with E-state index in [9.17, 15) is 27.6 Å². The molecule has 19 heavy (non-hydrogen) atoms. The van der Waals surface area contributed by atoms with Gasteiger partial charge in [0.2, 0.25) is 5.78 Å². The van der Waals surface area contributed by atoms with Crippen LogP contribution in [0.15, 0.2) is 12.2 Å². The molecular formula is C11H12F3NO4. The van der Waals surface area contributed by atoms with Crippen molar-refractivity contribution in [3.05, 3.63) is 12.2 Å². The molecule has 0 aliphatic carbocycles. The highest BCUT2D eigenvalue weighted by Crippen LogP contribution is 2.33. The number of carboxylic acids is 1. The first-order chi connectivity index (χ1) is 8.71. The Balaban J connectivity index is 2.67. The van der Waals surface area contributed by atoms with Crippen LogP contribution in [0.1, 0.15) is 12.8 Å². The van der Waals surface area contributed by atoms with Crippen LogP contribution >= 0.6 is 0 Å². The van der Waals surface area contributed by atoms with E-state index in [-0.39, 0.29) is 19.4 Å². The Kier molecular flexibility index (Phi) is 4.68. The predicted molar refractivity (Wildman–Crippen MR) is 57.1 cm³/mol. The van der Waals surface area contributed by atoms with Gasteiger partial charge in [-0.1, -0.05) is 0 Å². The van der Waals surface area contributed by atoms with E-state index in [1.54, 1.807) is 0 Å². The van der Waals surface area contributed by atoms with E-state index in [1.165, 1.54) is 0 Å². The number of rotatable bonds is 3. The molecule has 1 heterocycles. The average Bonchev–Trinajstić information content (AvgIpc) is 2.34. The number of carbonyl (C=O) groups is 3. The fraction of sp³-hybridized carbons (Fsp3) is 0.545. The lowest BCUT2D eigenvalue weighted by molar-refractivity contribution is -0.188. The van der Waals surface area contributed by atoms with Crippen LogP contribution < -0.4 is 0 Å². The third-order valence-corrected chi connectivity index (χ3v) is 2.76. The lowest BCUT2D eigenvalue weighted by atomic mass is 9.97. The molecule has 8 heteroatoms. The number of halogens is 3. The molecule has 106 valence electrons. The first-order valence-corrected chi connectivity index (χ1v) is 5.52. The second-order valence-electron chi connectivity index (χ2n) is 4.17. The first kappa shape index (κ1) is 15.2. The number of piperidine rings is 1. The van der Waals surface area contributed by atoms with Crippen LogP contribution in [0, 0.1) is 5.92 Å². The Bertz CT molecular complexity index is 417. The molecule has 1 saturated heterocycles. The molecule has 1 fully saturated rings. The largest absolute Gasteiger partial charge is 0.478 e. The van der Waals surface area contributed by atoms with Crippen molar-refractivity contribution < 1.29 is 32.7 Å².